The molecule has 1 amide bonds. The van der Waals surface area contributed by atoms with E-state index in [1.807, 2.05) is 9.58 Å². The maximum atomic E-state index is 13.3. The number of likely N-dealkylation sites (tertiary alicyclic amines) is 1. The summed E-state index contributed by atoms with van der Waals surface area (Å²) in [6.07, 6.45) is 7.97. The van der Waals surface area contributed by atoms with Crippen LogP contribution in [0.15, 0.2) is 6.20 Å². The third kappa shape index (κ3) is 2.63. The minimum absolute atomic E-state index is 0.0184. The number of aromatic amines is 1. The molecule has 0 bridgehead atoms. The fourth-order valence-electron chi connectivity index (χ4n) is 4.17. The predicted molar refractivity (Wildman–Crippen MR) is 92.7 cm³/mol. The molecule has 8 heteroatoms. The van der Waals surface area contributed by atoms with Crippen LogP contribution in [0.1, 0.15) is 71.8 Å². The van der Waals surface area contributed by atoms with Gasteiger partial charge in [-0.05, 0) is 32.1 Å². The van der Waals surface area contributed by atoms with Crippen LogP contribution >= 0.6 is 0 Å². The van der Waals surface area contributed by atoms with Gasteiger partial charge in [0.1, 0.15) is 5.82 Å². The minimum Gasteiger partial charge on any atom is -0.380 e. The van der Waals surface area contributed by atoms with Crippen LogP contribution in [0.2, 0.25) is 0 Å². The van der Waals surface area contributed by atoms with Crippen molar-refractivity contribution in [1.29, 1.82) is 0 Å². The Labute approximate surface area is 151 Å². The van der Waals surface area contributed by atoms with E-state index in [1.54, 1.807) is 13.3 Å². The molecule has 0 radical (unpaired) electrons. The first kappa shape index (κ1) is 16.0. The number of nitrogens with zero attached hydrogens (tertiary/aromatic N) is 5. The molecule has 4 heterocycles. The lowest BCUT2D eigenvalue weighted by Crippen LogP contribution is -2.33. The Bertz CT molecular complexity index is 824. The largest absolute Gasteiger partial charge is 0.380 e. The first-order valence-electron chi connectivity index (χ1n) is 9.55. The summed E-state index contributed by atoms with van der Waals surface area (Å²) < 4.78 is 7.54. The van der Waals surface area contributed by atoms with E-state index in [2.05, 4.69) is 20.3 Å². The molecule has 2 atom stereocenters. The van der Waals surface area contributed by atoms with E-state index in [0.717, 1.165) is 68.0 Å². The number of hydrogen-bond donors (Lipinski definition) is 1. The molecule has 138 valence electrons. The van der Waals surface area contributed by atoms with Crippen molar-refractivity contribution in [2.45, 2.75) is 63.1 Å². The van der Waals surface area contributed by atoms with Crippen LogP contribution in [-0.2, 0) is 17.7 Å². The van der Waals surface area contributed by atoms with Crippen molar-refractivity contribution >= 4 is 5.91 Å². The van der Waals surface area contributed by atoms with Gasteiger partial charge in [0.2, 0.25) is 0 Å². The molecule has 2 aliphatic heterocycles. The number of ether oxygens (including phenoxy) is 1. The molecule has 2 fully saturated rings. The Kier molecular flexibility index (Phi) is 3.81. The summed E-state index contributed by atoms with van der Waals surface area (Å²) in [5.74, 6) is 2.19. The average molecular weight is 356 g/mol. The molecule has 2 aromatic heterocycles. The highest BCUT2D eigenvalue weighted by Gasteiger charge is 2.40. The van der Waals surface area contributed by atoms with Gasteiger partial charge in [-0.15, -0.1) is 0 Å². The topological polar surface area (TPSA) is 88.9 Å². The van der Waals surface area contributed by atoms with E-state index in [9.17, 15) is 4.79 Å². The molecular weight excluding hydrogens is 332 g/mol. The van der Waals surface area contributed by atoms with Crippen LogP contribution in [0.25, 0.3) is 0 Å². The molecule has 1 aliphatic carbocycles. The molecule has 1 saturated carbocycles. The summed E-state index contributed by atoms with van der Waals surface area (Å²) in [4.78, 5) is 19.9. The van der Waals surface area contributed by atoms with Crippen molar-refractivity contribution in [2.75, 3.05) is 13.7 Å². The highest BCUT2D eigenvalue weighted by molar-refractivity contribution is 5.95. The van der Waals surface area contributed by atoms with E-state index in [1.165, 1.54) is 0 Å². The molecule has 1 saturated heterocycles. The van der Waals surface area contributed by atoms with Crippen molar-refractivity contribution in [3.8, 4) is 0 Å². The summed E-state index contributed by atoms with van der Waals surface area (Å²) in [5.41, 5.74) is 1.80. The number of fused-ring (bicyclic) bond motifs is 1. The zero-order chi connectivity index (χ0) is 17.7. The molecule has 5 rings (SSSR count). The SMILES string of the molecule is CO[C@@H]1C[C@@H](c2nc(C3CC3)n[nH]2)N(C(=O)c2cnn3c2CCCC3)C1. The second-order valence-electron chi connectivity index (χ2n) is 7.61. The van der Waals surface area contributed by atoms with Crippen LogP contribution in [-0.4, -0.2) is 55.5 Å². The smallest absolute Gasteiger partial charge is 0.258 e. The Morgan fingerprint density at radius 3 is 3.04 bits per heavy atom. The predicted octanol–water partition coefficient (Wildman–Crippen LogP) is 1.82. The lowest BCUT2D eigenvalue weighted by molar-refractivity contribution is 0.0683. The van der Waals surface area contributed by atoms with Crippen LogP contribution in [0, 0.1) is 0 Å². The Hall–Kier alpha value is -2.22. The van der Waals surface area contributed by atoms with Gasteiger partial charge in [-0.25, -0.2) is 4.98 Å². The summed E-state index contributed by atoms with van der Waals surface area (Å²) in [5, 5.41) is 11.9. The normalized spacial score (nSPS) is 25.5. The first-order chi connectivity index (χ1) is 12.7. The molecular formula is C18H24N6O2. The molecule has 3 aliphatic rings. The third-order valence-corrected chi connectivity index (χ3v) is 5.85. The number of aryl methyl sites for hydroxylation is 1. The maximum Gasteiger partial charge on any atom is 0.258 e. The number of aromatic nitrogens is 5. The van der Waals surface area contributed by atoms with Gasteiger partial charge in [-0.1, -0.05) is 0 Å². The lowest BCUT2D eigenvalue weighted by atomic mass is 10.1. The van der Waals surface area contributed by atoms with E-state index in [4.69, 9.17) is 4.74 Å². The quantitative estimate of drug-likeness (QED) is 0.903. The van der Waals surface area contributed by atoms with Gasteiger partial charge in [-0.3, -0.25) is 14.6 Å². The zero-order valence-electron chi connectivity index (χ0n) is 15.0. The molecule has 8 nitrogen and oxygen atoms in total. The highest BCUT2D eigenvalue weighted by atomic mass is 16.5. The van der Waals surface area contributed by atoms with Crippen LogP contribution in [0.3, 0.4) is 0 Å². The average Bonchev–Trinajstić information content (AvgIpc) is 3.12. The van der Waals surface area contributed by atoms with Crippen molar-refractivity contribution in [3.63, 3.8) is 0 Å². The Balaban J connectivity index is 1.44. The van der Waals surface area contributed by atoms with Crippen LogP contribution in [0.5, 0.6) is 0 Å². The highest BCUT2D eigenvalue weighted by Crippen LogP contribution is 2.39. The number of rotatable bonds is 4. The van der Waals surface area contributed by atoms with Crippen molar-refractivity contribution in [1.82, 2.24) is 29.9 Å². The molecule has 0 aromatic carbocycles. The maximum absolute atomic E-state index is 13.3. The summed E-state index contributed by atoms with van der Waals surface area (Å²) in [6, 6.07) is -0.119. The molecule has 1 N–H and O–H groups in total. The number of carbonyl (C=O) groups is 1. The van der Waals surface area contributed by atoms with Gasteiger partial charge >= 0.3 is 0 Å². The van der Waals surface area contributed by atoms with Crippen molar-refractivity contribution < 1.29 is 9.53 Å². The number of hydrogen-bond acceptors (Lipinski definition) is 5. The van der Waals surface area contributed by atoms with Crippen molar-refractivity contribution in [2.24, 2.45) is 0 Å². The van der Waals surface area contributed by atoms with Gasteiger partial charge in [0.25, 0.3) is 5.91 Å². The number of nitrogens with one attached hydrogen (secondary N) is 1. The van der Waals surface area contributed by atoms with Crippen LogP contribution < -0.4 is 0 Å². The lowest BCUT2D eigenvalue weighted by Gasteiger charge is -2.23. The fourth-order valence-corrected chi connectivity index (χ4v) is 4.17. The van der Waals surface area contributed by atoms with Gasteiger partial charge in [0, 0.05) is 32.5 Å². The molecule has 26 heavy (non-hydrogen) atoms. The standard InChI is InChI=1S/C18H24N6O2/c1-26-12-8-15(17-20-16(21-22-17)11-5-6-11)23(10-12)18(25)13-9-19-24-7-3-2-4-14(13)24/h9,11-12,15H,2-8,10H2,1H3,(H,20,21,22)/t12-,15+/m1/s1. The number of amides is 1. The third-order valence-electron chi connectivity index (χ3n) is 5.85. The monoisotopic (exact) mass is 356 g/mol. The van der Waals surface area contributed by atoms with Crippen LogP contribution in [0.4, 0.5) is 0 Å². The fraction of sp³-hybridized carbons (Fsp3) is 0.667. The molecule has 2 aromatic rings. The van der Waals surface area contributed by atoms with Crippen molar-refractivity contribution in [3.05, 3.63) is 29.1 Å². The Morgan fingerprint density at radius 2 is 2.23 bits per heavy atom. The zero-order valence-corrected chi connectivity index (χ0v) is 15.0. The van der Waals surface area contributed by atoms with E-state index < -0.39 is 0 Å². The number of H-pyrrole nitrogens is 1. The van der Waals surface area contributed by atoms with Gasteiger partial charge < -0.3 is 9.64 Å². The van der Waals surface area contributed by atoms with Gasteiger partial charge in [-0.2, -0.15) is 10.2 Å². The minimum atomic E-state index is -0.119. The summed E-state index contributed by atoms with van der Waals surface area (Å²) >= 11 is 0. The Morgan fingerprint density at radius 1 is 1.35 bits per heavy atom. The molecule has 0 spiro atoms. The number of methoxy groups -OCH3 is 1. The summed E-state index contributed by atoms with van der Waals surface area (Å²) in [7, 11) is 1.70. The first-order valence-corrected chi connectivity index (χ1v) is 9.55. The van der Waals surface area contributed by atoms with Gasteiger partial charge in [0.15, 0.2) is 5.82 Å². The van der Waals surface area contributed by atoms with E-state index in [-0.39, 0.29) is 18.1 Å². The number of carbonyl (C=O) groups excluding carboxylic acids is 1. The van der Waals surface area contributed by atoms with Gasteiger partial charge in [0.05, 0.1) is 29.6 Å². The second-order valence-corrected chi connectivity index (χ2v) is 7.61. The van der Waals surface area contributed by atoms with E-state index in [0.29, 0.717) is 12.5 Å². The summed E-state index contributed by atoms with van der Waals surface area (Å²) in [6.45, 7) is 1.48. The van der Waals surface area contributed by atoms with E-state index >= 15 is 0 Å². The second kappa shape index (κ2) is 6.19. The molecule has 0 unspecified atom stereocenters.